The molecule has 1 fully saturated rings. The topological polar surface area (TPSA) is 132 Å². The summed E-state index contributed by atoms with van der Waals surface area (Å²) < 4.78 is 12.8. The van der Waals surface area contributed by atoms with Crippen LogP contribution in [0.1, 0.15) is 42.5 Å². The van der Waals surface area contributed by atoms with Crippen LogP contribution in [-0.2, 0) is 4.79 Å². The van der Waals surface area contributed by atoms with Crippen LogP contribution in [0.4, 0.5) is 4.39 Å². The summed E-state index contributed by atoms with van der Waals surface area (Å²) in [5, 5.41) is 7.98. The summed E-state index contributed by atoms with van der Waals surface area (Å²) >= 11 is 2.95. The predicted molar refractivity (Wildman–Crippen MR) is 95.2 cm³/mol. The molecule has 0 aromatic heterocycles. The van der Waals surface area contributed by atoms with Crippen LogP contribution in [0.15, 0.2) is 22.7 Å². The van der Waals surface area contributed by atoms with Crippen LogP contribution < -0.4 is 17.2 Å². The zero-order chi connectivity index (χ0) is 18.5. The van der Waals surface area contributed by atoms with E-state index in [0.29, 0.717) is 22.4 Å². The number of carboxylic acid groups (broad SMARTS) is 1. The van der Waals surface area contributed by atoms with Gasteiger partial charge in [0.15, 0.2) is 0 Å². The largest absolute Gasteiger partial charge is 0.480 e. The van der Waals surface area contributed by atoms with Crippen molar-refractivity contribution in [1.29, 1.82) is 0 Å². The third-order valence-corrected chi connectivity index (χ3v) is 3.91. The van der Waals surface area contributed by atoms with Gasteiger partial charge in [0.1, 0.15) is 18.1 Å². The van der Waals surface area contributed by atoms with Crippen molar-refractivity contribution in [2.24, 2.45) is 17.2 Å². The van der Waals surface area contributed by atoms with E-state index in [4.69, 9.17) is 22.3 Å². The number of carbonyl (C=O) groups excluding carboxylic acids is 1. The van der Waals surface area contributed by atoms with Crippen LogP contribution >= 0.6 is 15.9 Å². The lowest BCUT2D eigenvalue weighted by Crippen LogP contribution is -2.37. The number of halogens is 2. The Balaban J connectivity index is 0.000000340. The Kier molecular flexibility index (Phi) is 12.3. The third kappa shape index (κ3) is 10.4. The molecule has 1 aliphatic rings. The zero-order valence-corrected chi connectivity index (χ0v) is 15.0. The molecule has 8 heteroatoms. The molecule has 1 aromatic rings. The van der Waals surface area contributed by atoms with Crippen LogP contribution in [0.5, 0.6) is 0 Å². The van der Waals surface area contributed by atoms with Crippen molar-refractivity contribution < 1.29 is 19.1 Å². The number of carboxylic acids is 1. The van der Waals surface area contributed by atoms with E-state index in [-0.39, 0.29) is 12.4 Å². The van der Waals surface area contributed by atoms with Crippen LogP contribution in [0.25, 0.3) is 0 Å². The van der Waals surface area contributed by atoms with Gasteiger partial charge in [0.25, 0.3) is 0 Å². The number of carbonyl (C=O) groups is 2. The Bertz CT molecular complexity index is 511. The average molecular weight is 406 g/mol. The Morgan fingerprint density at radius 1 is 1.38 bits per heavy atom. The second kappa shape index (κ2) is 13.0. The second-order valence-corrected chi connectivity index (χ2v) is 6.22. The molecule has 0 amide bonds. The molecule has 0 saturated heterocycles. The highest BCUT2D eigenvalue weighted by atomic mass is 79.9. The molecule has 0 aliphatic heterocycles. The maximum absolute atomic E-state index is 12.5. The van der Waals surface area contributed by atoms with Crippen molar-refractivity contribution >= 4 is 28.2 Å². The monoisotopic (exact) mass is 405 g/mol. The first-order valence-corrected chi connectivity index (χ1v) is 8.45. The van der Waals surface area contributed by atoms with Crippen molar-refractivity contribution in [2.45, 2.75) is 44.2 Å². The first kappa shape index (κ1) is 22.6. The average Bonchev–Trinajstić information content (AvgIpc) is 2.58. The van der Waals surface area contributed by atoms with E-state index in [9.17, 15) is 14.0 Å². The van der Waals surface area contributed by atoms with Crippen molar-refractivity contribution in [1.82, 2.24) is 0 Å². The Morgan fingerprint density at radius 2 is 1.96 bits per heavy atom. The number of aldehydes is 1. The molecule has 0 spiro atoms. The number of aliphatic carboxylic acids is 1. The minimum atomic E-state index is -1.05. The van der Waals surface area contributed by atoms with E-state index in [2.05, 4.69) is 15.9 Å². The van der Waals surface area contributed by atoms with Crippen molar-refractivity contribution in [2.75, 3.05) is 6.54 Å². The van der Waals surface area contributed by atoms with Gasteiger partial charge in [-0.15, -0.1) is 0 Å². The van der Waals surface area contributed by atoms with Crippen molar-refractivity contribution in [3.8, 4) is 0 Å². The molecule has 2 rings (SSSR count). The summed E-state index contributed by atoms with van der Waals surface area (Å²) in [6.45, 7) is -0.00463. The molecule has 1 aromatic carbocycles. The second-order valence-electron chi connectivity index (χ2n) is 5.37. The predicted octanol–water partition coefficient (Wildman–Crippen LogP) is 2.04. The van der Waals surface area contributed by atoms with Crippen LogP contribution in [0.2, 0.25) is 0 Å². The summed E-state index contributed by atoms with van der Waals surface area (Å²) in [5.74, 6) is -1.41. The summed E-state index contributed by atoms with van der Waals surface area (Å²) in [4.78, 5) is 19.9. The number of hydrogen-bond acceptors (Lipinski definition) is 5. The Hall–Kier alpha value is -1.35. The Labute approximate surface area is 149 Å². The summed E-state index contributed by atoms with van der Waals surface area (Å²) in [6.07, 6.45) is 7.33. The fraction of sp³-hybridized carbons (Fsp3) is 0.500. The third-order valence-electron chi connectivity index (χ3n) is 3.30. The summed E-state index contributed by atoms with van der Waals surface area (Å²) in [7, 11) is 0. The highest BCUT2D eigenvalue weighted by Crippen LogP contribution is 2.15. The summed E-state index contributed by atoms with van der Waals surface area (Å²) in [6, 6.07) is 3.73. The fourth-order valence-corrected chi connectivity index (χ4v) is 2.22. The van der Waals surface area contributed by atoms with E-state index >= 15 is 0 Å². The highest BCUT2D eigenvalue weighted by molar-refractivity contribution is 9.10. The molecule has 24 heavy (non-hydrogen) atoms. The van der Waals surface area contributed by atoms with Crippen molar-refractivity contribution in [3.63, 3.8) is 0 Å². The number of hydrogen-bond donors (Lipinski definition) is 4. The van der Waals surface area contributed by atoms with Gasteiger partial charge >= 0.3 is 5.97 Å². The first-order valence-electron chi connectivity index (χ1n) is 7.66. The molecule has 1 saturated carbocycles. The molecule has 0 radical (unpaired) electrons. The molecule has 0 heterocycles. The molecule has 0 unspecified atom stereocenters. The van der Waals surface area contributed by atoms with Gasteiger partial charge < -0.3 is 22.3 Å². The van der Waals surface area contributed by atoms with Crippen LogP contribution in [0.3, 0.4) is 0 Å². The number of benzene rings is 1. The van der Waals surface area contributed by atoms with Crippen molar-refractivity contribution in [3.05, 3.63) is 34.1 Å². The SMILES string of the molecule is NC1CCCCC1.NC[C@H](N)C(=O)O.O=Cc1ccc(F)c(Br)c1. The minimum Gasteiger partial charge on any atom is -0.480 e. The molecule has 1 atom stereocenters. The van der Waals surface area contributed by atoms with E-state index in [1.54, 1.807) is 0 Å². The van der Waals surface area contributed by atoms with E-state index in [1.165, 1.54) is 50.3 Å². The first-order chi connectivity index (χ1) is 11.3. The summed E-state index contributed by atoms with van der Waals surface area (Å²) in [5.41, 5.74) is 15.9. The molecular formula is C16H25BrFN3O3. The molecule has 1 aliphatic carbocycles. The van der Waals surface area contributed by atoms with Gasteiger partial charge in [-0.05, 0) is 47.0 Å². The van der Waals surface area contributed by atoms with Gasteiger partial charge in [0, 0.05) is 18.2 Å². The number of nitrogens with two attached hydrogens (primary N) is 3. The van der Waals surface area contributed by atoms with Gasteiger partial charge in [-0.2, -0.15) is 0 Å². The van der Waals surface area contributed by atoms with Crippen LogP contribution in [0, 0.1) is 5.82 Å². The molecule has 136 valence electrons. The van der Waals surface area contributed by atoms with Crippen LogP contribution in [-0.4, -0.2) is 36.0 Å². The molecular weight excluding hydrogens is 381 g/mol. The maximum Gasteiger partial charge on any atom is 0.321 e. The van der Waals surface area contributed by atoms with Gasteiger partial charge in [-0.3, -0.25) is 9.59 Å². The lowest BCUT2D eigenvalue weighted by Gasteiger charge is -2.15. The lowest BCUT2D eigenvalue weighted by molar-refractivity contribution is -0.138. The highest BCUT2D eigenvalue weighted by Gasteiger charge is 2.06. The van der Waals surface area contributed by atoms with Gasteiger partial charge in [-0.25, -0.2) is 4.39 Å². The number of rotatable bonds is 3. The smallest absolute Gasteiger partial charge is 0.321 e. The molecule has 0 bridgehead atoms. The van der Waals surface area contributed by atoms with Gasteiger partial charge in [0.2, 0.25) is 0 Å². The maximum atomic E-state index is 12.5. The fourth-order valence-electron chi connectivity index (χ4n) is 1.82. The lowest BCUT2D eigenvalue weighted by atomic mass is 9.97. The Morgan fingerprint density at radius 3 is 2.25 bits per heavy atom. The van der Waals surface area contributed by atoms with Gasteiger partial charge in [0.05, 0.1) is 4.47 Å². The van der Waals surface area contributed by atoms with E-state index in [1.807, 2.05) is 0 Å². The molecule has 7 N–H and O–H groups in total. The molecule has 6 nitrogen and oxygen atoms in total. The normalized spacial score (nSPS) is 15.2. The minimum absolute atomic E-state index is 0.00463. The zero-order valence-electron chi connectivity index (χ0n) is 13.5. The van der Waals surface area contributed by atoms with E-state index in [0.717, 1.165) is 0 Å². The van der Waals surface area contributed by atoms with E-state index < -0.39 is 12.0 Å². The quantitative estimate of drug-likeness (QED) is 0.568. The van der Waals surface area contributed by atoms with Gasteiger partial charge in [-0.1, -0.05) is 19.3 Å². The standard InChI is InChI=1S/C7H4BrFO.C6H13N.C3H8N2O2/c8-6-3-5(4-10)1-2-7(6)9;7-6-4-2-1-3-5-6;4-1-2(5)3(6)7/h1-4H;6H,1-5,7H2;2H,1,4-5H2,(H,6,7)/t;;2-/m..0/s1.